The van der Waals surface area contributed by atoms with Gasteiger partial charge in [-0.1, -0.05) is 6.08 Å². The van der Waals surface area contributed by atoms with Crippen LogP contribution in [0.25, 0.3) is 0 Å². The van der Waals surface area contributed by atoms with Crippen molar-refractivity contribution in [3.8, 4) is 0 Å². The molecule has 0 bridgehead atoms. The minimum absolute atomic E-state index is 0. The topological polar surface area (TPSA) is 55.6 Å². The molecular formula is C13H23ClN2O2. The lowest BCUT2D eigenvalue weighted by atomic mass is 9.97. The zero-order valence-electron chi connectivity index (χ0n) is 10.7. The van der Waals surface area contributed by atoms with E-state index in [0.29, 0.717) is 12.5 Å². The number of carbonyl (C=O) groups is 1. The second-order valence-electron chi connectivity index (χ2n) is 4.96. The van der Waals surface area contributed by atoms with Crippen molar-refractivity contribution < 1.29 is 9.53 Å². The molecule has 0 spiro atoms. The van der Waals surface area contributed by atoms with Gasteiger partial charge >= 0.3 is 0 Å². The van der Waals surface area contributed by atoms with E-state index in [-0.39, 0.29) is 30.5 Å². The van der Waals surface area contributed by atoms with Crippen molar-refractivity contribution in [3.05, 3.63) is 12.7 Å². The second kappa shape index (κ2) is 7.12. The Labute approximate surface area is 115 Å². The molecule has 2 fully saturated rings. The Morgan fingerprint density at radius 3 is 2.50 bits per heavy atom. The maximum absolute atomic E-state index is 12.2. The first-order valence-corrected chi connectivity index (χ1v) is 6.51. The molecule has 2 N–H and O–H groups in total. The molecule has 4 nitrogen and oxygen atoms in total. The summed E-state index contributed by atoms with van der Waals surface area (Å²) < 4.78 is 5.64. The van der Waals surface area contributed by atoms with Gasteiger partial charge in [0.2, 0.25) is 0 Å². The normalized spacial score (nSPS) is 28.8. The second-order valence-corrected chi connectivity index (χ2v) is 4.96. The third kappa shape index (κ3) is 3.46. The van der Waals surface area contributed by atoms with Crippen LogP contribution in [0.2, 0.25) is 0 Å². The standard InChI is InChI=1S/C13H22N2O2.ClH/c1-2-10-5-7-15(8-6-10)13(16)12-4-3-11(9-14)17-12;/h2,10-12H,1,3-9,14H2;1H/t11-,12+;/m1./s1. The molecule has 0 aromatic carbocycles. The van der Waals surface area contributed by atoms with E-state index in [1.807, 2.05) is 11.0 Å². The molecule has 0 aromatic heterocycles. The van der Waals surface area contributed by atoms with Crippen molar-refractivity contribution >= 4 is 18.3 Å². The van der Waals surface area contributed by atoms with E-state index in [9.17, 15) is 4.79 Å². The van der Waals surface area contributed by atoms with Gasteiger partial charge in [0.1, 0.15) is 6.10 Å². The predicted molar refractivity (Wildman–Crippen MR) is 73.7 cm³/mol. The average molecular weight is 275 g/mol. The number of hydrogen-bond donors (Lipinski definition) is 1. The van der Waals surface area contributed by atoms with E-state index in [1.54, 1.807) is 0 Å². The van der Waals surface area contributed by atoms with Crippen LogP contribution in [0.3, 0.4) is 0 Å². The van der Waals surface area contributed by atoms with Crippen molar-refractivity contribution in [2.24, 2.45) is 11.7 Å². The fourth-order valence-corrected chi connectivity index (χ4v) is 2.62. The summed E-state index contributed by atoms with van der Waals surface area (Å²) in [4.78, 5) is 14.1. The molecular weight excluding hydrogens is 252 g/mol. The summed E-state index contributed by atoms with van der Waals surface area (Å²) in [5.41, 5.74) is 5.55. The van der Waals surface area contributed by atoms with Gasteiger partial charge < -0.3 is 15.4 Å². The minimum atomic E-state index is -0.246. The quantitative estimate of drug-likeness (QED) is 0.790. The fraction of sp³-hybridized carbons (Fsp3) is 0.769. The lowest BCUT2D eigenvalue weighted by molar-refractivity contribution is -0.144. The van der Waals surface area contributed by atoms with Crippen molar-refractivity contribution in [2.45, 2.75) is 37.9 Å². The van der Waals surface area contributed by atoms with Gasteiger partial charge in [-0.25, -0.2) is 0 Å². The van der Waals surface area contributed by atoms with Gasteiger partial charge in [-0.2, -0.15) is 0 Å². The van der Waals surface area contributed by atoms with Crippen molar-refractivity contribution in [1.29, 1.82) is 0 Å². The van der Waals surface area contributed by atoms with Crippen LogP contribution in [0.1, 0.15) is 25.7 Å². The summed E-state index contributed by atoms with van der Waals surface area (Å²) in [6.07, 6.45) is 5.62. The molecule has 2 atom stereocenters. The van der Waals surface area contributed by atoms with E-state index in [4.69, 9.17) is 10.5 Å². The molecule has 2 heterocycles. The van der Waals surface area contributed by atoms with Crippen LogP contribution in [0.4, 0.5) is 0 Å². The number of nitrogens with zero attached hydrogens (tertiary/aromatic N) is 1. The minimum Gasteiger partial charge on any atom is -0.364 e. The summed E-state index contributed by atoms with van der Waals surface area (Å²) in [7, 11) is 0. The monoisotopic (exact) mass is 274 g/mol. The zero-order valence-corrected chi connectivity index (χ0v) is 11.5. The maximum atomic E-state index is 12.2. The van der Waals surface area contributed by atoms with Gasteiger partial charge in [-0.15, -0.1) is 19.0 Å². The highest BCUT2D eigenvalue weighted by Crippen LogP contribution is 2.24. The number of rotatable bonds is 3. The molecule has 2 rings (SSSR count). The van der Waals surface area contributed by atoms with Crippen LogP contribution in [-0.2, 0) is 9.53 Å². The summed E-state index contributed by atoms with van der Waals surface area (Å²) in [5.74, 6) is 0.726. The highest BCUT2D eigenvalue weighted by molar-refractivity contribution is 5.85. The Balaban J connectivity index is 0.00000162. The number of carbonyl (C=O) groups excluding carboxylic acids is 1. The fourth-order valence-electron chi connectivity index (χ4n) is 2.62. The van der Waals surface area contributed by atoms with E-state index in [2.05, 4.69) is 6.58 Å². The molecule has 104 valence electrons. The van der Waals surface area contributed by atoms with Crippen LogP contribution < -0.4 is 5.73 Å². The first-order valence-electron chi connectivity index (χ1n) is 6.51. The summed E-state index contributed by atoms with van der Waals surface area (Å²) in [6.45, 7) is 6.00. The highest BCUT2D eigenvalue weighted by atomic mass is 35.5. The van der Waals surface area contributed by atoms with Gasteiger partial charge in [0.25, 0.3) is 5.91 Å². The molecule has 0 aliphatic carbocycles. The van der Waals surface area contributed by atoms with E-state index in [0.717, 1.165) is 38.8 Å². The van der Waals surface area contributed by atoms with E-state index >= 15 is 0 Å². The smallest absolute Gasteiger partial charge is 0.251 e. The number of nitrogens with two attached hydrogens (primary N) is 1. The lowest BCUT2D eigenvalue weighted by Crippen LogP contribution is -2.43. The molecule has 0 unspecified atom stereocenters. The molecule has 0 saturated carbocycles. The van der Waals surface area contributed by atoms with E-state index < -0.39 is 0 Å². The number of amides is 1. The van der Waals surface area contributed by atoms with Crippen LogP contribution in [0.15, 0.2) is 12.7 Å². The van der Waals surface area contributed by atoms with Gasteiger partial charge in [0.05, 0.1) is 6.10 Å². The molecule has 2 aliphatic heterocycles. The van der Waals surface area contributed by atoms with Gasteiger partial charge in [-0.05, 0) is 31.6 Å². The van der Waals surface area contributed by atoms with Crippen LogP contribution in [0.5, 0.6) is 0 Å². The van der Waals surface area contributed by atoms with Crippen LogP contribution >= 0.6 is 12.4 Å². The van der Waals surface area contributed by atoms with Crippen LogP contribution in [0, 0.1) is 5.92 Å². The largest absolute Gasteiger partial charge is 0.364 e. The molecule has 5 heteroatoms. The Kier molecular flexibility index (Phi) is 6.12. The summed E-state index contributed by atoms with van der Waals surface area (Å²) in [5, 5.41) is 0. The lowest BCUT2D eigenvalue weighted by Gasteiger charge is -2.32. The molecule has 2 saturated heterocycles. The third-order valence-corrected chi connectivity index (χ3v) is 3.83. The van der Waals surface area contributed by atoms with E-state index in [1.165, 1.54) is 0 Å². The predicted octanol–water partition coefficient (Wildman–Crippen LogP) is 1.34. The first kappa shape index (κ1) is 15.5. The Hall–Kier alpha value is -0.580. The van der Waals surface area contributed by atoms with Crippen molar-refractivity contribution in [2.75, 3.05) is 19.6 Å². The summed E-state index contributed by atoms with van der Waals surface area (Å²) in [6, 6.07) is 0. The third-order valence-electron chi connectivity index (χ3n) is 3.83. The summed E-state index contributed by atoms with van der Waals surface area (Å²) >= 11 is 0. The molecule has 0 aromatic rings. The number of piperidine rings is 1. The van der Waals surface area contributed by atoms with Gasteiger partial charge in [0, 0.05) is 19.6 Å². The Morgan fingerprint density at radius 1 is 1.33 bits per heavy atom. The maximum Gasteiger partial charge on any atom is 0.251 e. The Morgan fingerprint density at radius 2 is 2.00 bits per heavy atom. The molecule has 18 heavy (non-hydrogen) atoms. The van der Waals surface area contributed by atoms with Crippen LogP contribution in [-0.4, -0.2) is 42.6 Å². The van der Waals surface area contributed by atoms with Gasteiger partial charge in [0.15, 0.2) is 0 Å². The zero-order chi connectivity index (χ0) is 12.3. The Bertz CT molecular complexity index is 291. The SMILES string of the molecule is C=CC1CCN(C(=O)[C@@H]2CC[C@H](CN)O2)CC1.Cl. The number of likely N-dealkylation sites (tertiary alicyclic amines) is 1. The van der Waals surface area contributed by atoms with Gasteiger partial charge in [-0.3, -0.25) is 4.79 Å². The van der Waals surface area contributed by atoms with Crippen molar-refractivity contribution in [3.63, 3.8) is 0 Å². The number of allylic oxidation sites excluding steroid dienone is 1. The number of hydrogen-bond acceptors (Lipinski definition) is 3. The van der Waals surface area contributed by atoms with Crippen molar-refractivity contribution in [1.82, 2.24) is 4.90 Å². The average Bonchev–Trinajstić information content (AvgIpc) is 2.87. The molecule has 1 amide bonds. The number of halogens is 1. The molecule has 0 radical (unpaired) electrons. The first-order chi connectivity index (χ1) is 8.24. The highest BCUT2D eigenvalue weighted by Gasteiger charge is 2.33. The number of ether oxygens (including phenoxy) is 1. The molecule has 2 aliphatic rings.